The topological polar surface area (TPSA) is 95.9 Å². The fourth-order valence-corrected chi connectivity index (χ4v) is 4.21. The Balaban J connectivity index is 1.54. The first-order valence-electron chi connectivity index (χ1n) is 11.7. The lowest BCUT2D eigenvalue weighted by Gasteiger charge is -2.13. The number of benzene rings is 2. The van der Waals surface area contributed by atoms with Crippen LogP contribution in [-0.2, 0) is 11.3 Å². The second-order valence-electron chi connectivity index (χ2n) is 8.80. The molecule has 0 aliphatic carbocycles. The van der Waals surface area contributed by atoms with Gasteiger partial charge in [0.25, 0.3) is 0 Å². The molecule has 2 N–H and O–H groups in total. The molecule has 0 aliphatic heterocycles. The predicted molar refractivity (Wildman–Crippen MR) is 134 cm³/mol. The van der Waals surface area contributed by atoms with E-state index in [1.807, 2.05) is 6.92 Å². The lowest BCUT2D eigenvalue weighted by atomic mass is 9.98. The number of methoxy groups -OCH3 is 1. The van der Waals surface area contributed by atoms with Gasteiger partial charge < -0.3 is 15.2 Å². The van der Waals surface area contributed by atoms with Gasteiger partial charge in [0.1, 0.15) is 23.9 Å². The summed E-state index contributed by atoms with van der Waals surface area (Å²) in [6.45, 7) is 3.21. The van der Waals surface area contributed by atoms with E-state index >= 15 is 0 Å². The zero-order chi connectivity index (χ0) is 26.7. The smallest absolute Gasteiger partial charge is 0.337 e. The van der Waals surface area contributed by atoms with E-state index in [1.165, 1.54) is 25.3 Å². The third kappa shape index (κ3) is 5.51. The molecule has 0 saturated carbocycles. The van der Waals surface area contributed by atoms with Crippen molar-refractivity contribution >= 4 is 17.4 Å². The van der Waals surface area contributed by atoms with Crippen molar-refractivity contribution in [2.45, 2.75) is 39.3 Å². The number of rotatable bonds is 9. The van der Waals surface area contributed by atoms with Crippen LogP contribution >= 0.6 is 0 Å². The number of nitrogens with two attached hydrogens (primary N) is 1. The number of carbonyl (C=O) groups excluding carboxylic acids is 2. The standard InChI is InChI=1S/C28H27F2N3O4/c1-16-12-25(37-15-20-21(29)8-5-9-22(20)30)27-32-17(2)26(33(27)14-16)24(34)11-10-23(31)18-6-4-7-19(13-18)28(35)36-3/h4-9,12-14,23H,10-11,15,31H2,1-3H3. The van der Waals surface area contributed by atoms with E-state index in [2.05, 4.69) is 4.98 Å². The minimum atomic E-state index is -0.701. The van der Waals surface area contributed by atoms with Gasteiger partial charge in [-0.2, -0.15) is 0 Å². The molecule has 0 spiro atoms. The molecular weight excluding hydrogens is 480 g/mol. The largest absolute Gasteiger partial charge is 0.485 e. The number of fused-ring (bicyclic) bond motifs is 1. The summed E-state index contributed by atoms with van der Waals surface area (Å²) in [5, 5.41) is 0. The van der Waals surface area contributed by atoms with E-state index in [9.17, 15) is 18.4 Å². The number of ketones is 1. The molecule has 0 saturated heterocycles. The van der Waals surface area contributed by atoms with Crippen LogP contribution < -0.4 is 10.5 Å². The molecule has 192 valence electrons. The molecule has 0 aliphatic rings. The van der Waals surface area contributed by atoms with Crippen molar-refractivity contribution in [2.24, 2.45) is 5.73 Å². The van der Waals surface area contributed by atoms with Gasteiger partial charge in [0.05, 0.1) is 23.9 Å². The Labute approximate surface area is 212 Å². The number of carbonyl (C=O) groups is 2. The normalized spacial score (nSPS) is 11.9. The Morgan fingerprint density at radius 3 is 2.49 bits per heavy atom. The lowest BCUT2D eigenvalue weighted by molar-refractivity contribution is 0.0600. The fourth-order valence-electron chi connectivity index (χ4n) is 4.21. The molecular formula is C28H27F2N3O4. The molecule has 2 heterocycles. The van der Waals surface area contributed by atoms with E-state index < -0.39 is 23.6 Å². The van der Waals surface area contributed by atoms with Crippen molar-refractivity contribution in [2.75, 3.05) is 7.11 Å². The first-order chi connectivity index (χ1) is 17.7. The number of pyridine rings is 1. The number of aromatic nitrogens is 2. The fraction of sp³-hybridized carbons (Fsp3) is 0.250. The molecule has 0 fully saturated rings. The van der Waals surface area contributed by atoms with E-state index in [0.717, 1.165) is 11.1 Å². The second kappa shape index (κ2) is 10.9. The number of imidazole rings is 1. The number of esters is 1. The molecule has 1 atom stereocenters. The highest BCUT2D eigenvalue weighted by molar-refractivity contribution is 5.96. The lowest BCUT2D eigenvalue weighted by Crippen LogP contribution is -2.15. The third-order valence-electron chi connectivity index (χ3n) is 6.11. The number of hydrogen-bond acceptors (Lipinski definition) is 6. The van der Waals surface area contributed by atoms with E-state index in [4.69, 9.17) is 15.2 Å². The average Bonchev–Trinajstić information content (AvgIpc) is 3.21. The molecule has 7 nitrogen and oxygen atoms in total. The molecule has 4 aromatic rings. The van der Waals surface area contributed by atoms with Gasteiger partial charge in [-0.05, 0) is 61.7 Å². The average molecular weight is 508 g/mol. The first-order valence-corrected chi connectivity index (χ1v) is 11.7. The van der Waals surface area contributed by atoms with Gasteiger partial charge >= 0.3 is 5.97 Å². The summed E-state index contributed by atoms with van der Waals surface area (Å²) in [4.78, 5) is 29.6. The zero-order valence-corrected chi connectivity index (χ0v) is 20.8. The van der Waals surface area contributed by atoms with Crippen LogP contribution in [0.15, 0.2) is 54.7 Å². The van der Waals surface area contributed by atoms with Gasteiger partial charge in [-0.25, -0.2) is 18.6 Å². The molecule has 9 heteroatoms. The van der Waals surface area contributed by atoms with E-state index in [-0.39, 0.29) is 24.4 Å². The minimum Gasteiger partial charge on any atom is -0.485 e. The van der Waals surface area contributed by atoms with Crippen LogP contribution in [0.3, 0.4) is 0 Å². The van der Waals surface area contributed by atoms with Crippen LogP contribution in [0, 0.1) is 25.5 Å². The highest BCUT2D eigenvalue weighted by atomic mass is 19.1. The van der Waals surface area contributed by atoms with E-state index in [0.29, 0.717) is 34.8 Å². The Hall–Kier alpha value is -4.11. The first kappa shape index (κ1) is 26.0. The molecule has 0 amide bonds. The Bertz CT molecular complexity index is 1460. The summed E-state index contributed by atoms with van der Waals surface area (Å²) in [5.41, 5.74) is 9.27. The molecule has 2 aromatic heterocycles. The summed E-state index contributed by atoms with van der Waals surface area (Å²) in [7, 11) is 1.31. The number of ether oxygens (including phenoxy) is 2. The van der Waals surface area contributed by atoms with Crippen molar-refractivity contribution in [1.82, 2.24) is 9.38 Å². The summed E-state index contributed by atoms with van der Waals surface area (Å²) in [6, 6.07) is 11.7. The van der Waals surface area contributed by atoms with Gasteiger partial charge in [0, 0.05) is 18.7 Å². The van der Waals surface area contributed by atoms with Crippen molar-refractivity contribution in [3.8, 4) is 5.75 Å². The van der Waals surface area contributed by atoms with Crippen LogP contribution in [0.25, 0.3) is 5.65 Å². The van der Waals surface area contributed by atoms with Crippen LogP contribution in [-0.4, -0.2) is 28.2 Å². The highest BCUT2D eigenvalue weighted by Gasteiger charge is 2.21. The quantitative estimate of drug-likeness (QED) is 0.245. The van der Waals surface area contributed by atoms with E-state index in [1.54, 1.807) is 47.9 Å². The van der Waals surface area contributed by atoms with Crippen molar-refractivity contribution in [1.29, 1.82) is 0 Å². The van der Waals surface area contributed by atoms with Gasteiger partial charge in [-0.1, -0.05) is 18.2 Å². The van der Waals surface area contributed by atoms with Crippen LogP contribution in [0.2, 0.25) is 0 Å². The molecule has 2 aromatic carbocycles. The van der Waals surface area contributed by atoms with Crippen LogP contribution in [0.5, 0.6) is 5.75 Å². The van der Waals surface area contributed by atoms with Crippen molar-refractivity contribution < 1.29 is 27.8 Å². The number of hydrogen-bond donors (Lipinski definition) is 1. The Kier molecular flexibility index (Phi) is 7.63. The molecule has 0 bridgehead atoms. The summed E-state index contributed by atoms with van der Waals surface area (Å²) in [5.74, 6) is -1.72. The molecule has 4 rings (SSSR count). The third-order valence-corrected chi connectivity index (χ3v) is 6.11. The maximum Gasteiger partial charge on any atom is 0.337 e. The van der Waals surface area contributed by atoms with Crippen LogP contribution in [0.4, 0.5) is 8.78 Å². The van der Waals surface area contributed by atoms with Crippen molar-refractivity contribution in [3.63, 3.8) is 0 Å². The number of nitrogens with zero attached hydrogens (tertiary/aromatic N) is 2. The Morgan fingerprint density at radius 2 is 1.78 bits per heavy atom. The van der Waals surface area contributed by atoms with Crippen LogP contribution in [0.1, 0.15) is 62.1 Å². The zero-order valence-electron chi connectivity index (χ0n) is 20.8. The monoisotopic (exact) mass is 507 g/mol. The molecule has 37 heavy (non-hydrogen) atoms. The number of Topliss-reactive ketones (excluding diaryl/α,β-unsaturated/α-hetero) is 1. The Morgan fingerprint density at radius 1 is 1.08 bits per heavy atom. The number of aryl methyl sites for hydroxylation is 2. The van der Waals surface area contributed by atoms with Gasteiger partial charge in [-0.3, -0.25) is 9.20 Å². The summed E-state index contributed by atoms with van der Waals surface area (Å²) in [6.07, 6.45) is 2.25. The second-order valence-corrected chi connectivity index (χ2v) is 8.80. The summed E-state index contributed by atoms with van der Waals surface area (Å²) < 4.78 is 40.3. The maximum atomic E-state index is 14.1. The van der Waals surface area contributed by atoms with Crippen molar-refractivity contribution in [3.05, 3.63) is 100 Å². The SMILES string of the molecule is COC(=O)c1cccc(C(N)CCC(=O)c2c(C)nc3c(OCc4c(F)cccc4F)cc(C)cn23)c1. The predicted octanol–water partition coefficient (Wildman–Crippen LogP) is 5.26. The molecule has 0 radical (unpaired) electrons. The summed E-state index contributed by atoms with van der Waals surface area (Å²) >= 11 is 0. The molecule has 1 unspecified atom stereocenters. The van der Waals surface area contributed by atoms with Gasteiger partial charge in [0.15, 0.2) is 17.2 Å². The highest BCUT2D eigenvalue weighted by Crippen LogP contribution is 2.27. The van der Waals surface area contributed by atoms with Gasteiger partial charge in [0.2, 0.25) is 0 Å². The minimum absolute atomic E-state index is 0.142. The maximum absolute atomic E-state index is 14.1. The number of halogens is 2. The van der Waals surface area contributed by atoms with Gasteiger partial charge in [-0.15, -0.1) is 0 Å².